The Kier molecular flexibility index (Phi) is 3.08. The Bertz CT molecular complexity index is 438. The van der Waals surface area contributed by atoms with Crippen molar-refractivity contribution in [3.05, 3.63) is 30.0 Å². The molecule has 0 bridgehead atoms. The normalized spacial score (nSPS) is 9.54. The second-order valence-corrected chi connectivity index (χ2v) is 2.42. The fourth-order valence-electron chi connectivity index (χ4n) is 1.15. The molecule has 0 fully saturated rings. The van der Waals surface area contributed by atoms with Crippen molar-refractivity contribution in [1.29, 1.82) is 0 Å². The first-order valence-corrected chi connectivity index (χ1v) is 3.42. The third-order valence-corrected chi connectivity index (χ3v) is 1.70. The van der Waals surface area contributed by atoms with E-state index in [-0.39, 0.29) is 35.1 Å². The van der Waals surface area contributed by atoms with Gasteiger partial charge >= 0.3 is 29.6 Å². The van der Waals surface area contributed by atoms with Gasteiger partial charge < -0.3 is 9.90 Å². The van der Waals surface area contributed by atoms with Gasteiger partial charge in [-0.15, -0.1) is 0 Å². The molecule has 1 aromatic carbocycles. The summed E-state index contributed by atoms with van der Waals surface area (Å²) in [4.78, 5) is 10.6. The molecule has 2 aromatic rings. The quantitative estimate of drug-likeness (QED) is 0.478. The number of benzene rings is 1. The Labute approximate surface area is 96.2 Å². The average Bonchev–Trinajstić information content (AvgIpc) is 2.49. The number of hydrogen-bond donors (Lipinski definition) is 1. The van der Waals surface area contributed by atoms with Crippen molar-refractivity contribution in [2.75, 3.05) is 0 Å². The number of carbonyl (C=O) groups is 1. The van der Waals surface area contributed by atoms with Gasteiger partial charge in [0.25, 0.3) is 0 Å². The van der Waals surface area contributed by atoms with Gasteiger partial charge in [0.15, 0.2) is 0 Å². The van der Waals surface area contributed by atoms with Crippen LogP contribution >= 0.6 is 0 Å². The summed E-state index contributed by atoms with van der Waals surface area (Å²) in [7, 11) is 0. The predicted molar refractivity (Wildman–Crippen MR) is 40.4 cm³/mol. The molecule has 1 aromatic heterocycles. The SMILES string of the molecule is O=C([O-])c1cccc2[nH]ncc12.[Na+]. The first kappa shape index (κ1) is 10.2. The van der Waals surface area contributed by atoms with Gasteiger partial charge in [0.1, 0.15) is 0 Å². The fourth-order valence-corrected chi connectivity index (χ4v) is 1.15. The Morgan fingerprint density at radius 1 is 1.46 bits per heavy atom. The van der Waals surface area contributed by atoms with Gasteiger partial charge in [0, 0.05) is 10.9 Å². The number of rotatable bonds is 1. The summed E-state index contributed by atoms with van der Waals surface area (Å²) in [5.41, 5.74) is 0.873. The van der Waals surface area contributed by atoms with Crippen LogP contribution in [-0.2, 0) is 0 Å². The molecule has 5 heteroatoms. The van der Waals surface area contributed by atoms with Crippen molar-refractivity contribution in [3.63, 3.8) is 0 Å². The van der Waals surface area contributed by atoms with Gasteiger partial charge in [-0.2, -0.15) is 5.10 Å². The van der Waals surface area contributed by atoms with Crippen molar-refractivity contribution in [3.8, 4) is 0 Å². The third-order valence-electron chi connectivity index (χ3n) is 1.70. The molecule has 0 aliphatic carbocycles. The number of carboxylic acid groups (broad SMARTS) is 1. The molecular formula is C8H5N2NaO2. The zero-order chi connectivity index (χ0) is 8.55. The number of carboxylic acids is 1. The Balaban J connectivity index is 0.000000845. The minimum Gasteiger partial charge on any atom is -0.545 e. The standard InChI is InChI=1S/C8H6N2O2.Na/c11-8(12)5-2-1-3-7-6(5)4-9-10-7;/h1-4H,(H,9,10)(H,11,12);/q;+1/p-1. The van der Waals surface area contributed by atoms with Crippen molar-refractivity contribution >= 4 is 16.9 Å². The summed E-state index contributed by atoms with van der Waals surface area (Å²) in [6, 6.07) is 4.90. The Morgan fingerprint density at radius 3 is 2.92 bits per heavy atom. The molecular weight excluding hydrogens is 179 g/mol. The molecule has 1 heterocycles. The van der Waals surface area contributed by atoms with E-state index in [1.165, 1.54) is 12.3 Å². The van der Waals surface area contributed by atoms with E-state index in [2.05, 4.69) is 10.2 Å². The maximum Gasteiger partial charge on any atom is 1.00 e. The van der Waals surface area contributed by atoms with E-state index in [0.717, 1.165) is 0 Å². The topological polar surface area (TPSA) is 68.8 Å². The number of hydrogen-bond acceptors (Lipinski definition) is 3. The third kappa shape index (κ3) is 1.75. The first-order chi connectivity index (χ1) is 5.79. The monoisotopic (exact) mass is 184 g/mol. The molecule has 0 unspecified atom stereocenters. The average molecular weight is 184 g/mol. The number of aromatic carboxylic acids is 1. The van der Waals surface area contributed by atoms with Gasteiger partial charge in [-0.3, -0.25) is 5.10 Å². The molecule has 60 valence electrons. The van der Waals surface area contributed by atoms with Gasteiger partial charge in [-0.05, 0) is 6.07 Å². The molecule has 4 nitrogen and oxygen atoms in total. The second-order valence-electron chi connectivity index (χ2n) is 2.42. The molecule has 0 atom stereocenters. The summed E-state index contributed by atoms with van der Waals surface area (Å²) in [5, 5.41) is 17.5. The van der Waals surface area contributed by atoms with Crippen molar-refractivity contribution in [1.82, 2.24) is 10.2 Å². The van der Waals surface area contributed by atoms with Crippen LogP contribution in [0, 0.1) is 0 Å². The summed E-state index contributed by atoms with van der Waals surface area (Å²) in [6.07, 6.45) is 1.47. The molecule has 0 saturated carbocycles. The molecule has 1 N–H and O–H groups in total. The van der Waals surface area contributed by atoms with E-state index in [1.54, 1.807) is 12.1 Å². The van der Waals surface area contributed by atoms with Gasteiger partial charge in [-0.25, -0.2) is 0 Å². The summed E-state index contributed by atoms with van der Waals surface area (Å²) in [5.74, 6) is -1.18. The summed E-state index contributed by atoms with van der Waals surface area (Å²) in [6.45, 7) is 0. The van der Waals surface area contributed by atoms with Crippen LogP contribution in [0.25, 0.3) is 10.9 Å². The molecule has 0 spiro atoms. The van der Waals surface area contributed by atoms with Crippen LogP contribution in [0.3, 0.4) is 0 Å². The smallest absolute Gasteiger partial charge is 0.545 e. The van der Waals surface area contributed by atoms with Gasteiger partial charge in [-0.1, -0.05) is 12.1 Å². The van der Waals surface area contributed by atoms with E-state index in [9.17, 15) is 9.90 Å². The Hall–Kier alpha value is -0.840. The van der Waals surface area contributed by atoms with E-state index >= 15 is 0 Å². The molecule has 0 aliphatic heterocycles. The number of nitrogens with zero attached hydrogens (tertiary/aromatic N) is 1. The van der Waals surface area contributed by atoms with E-state index in [1.807, 2.05) is 0 Å². The maximum atomic E-state index is 10.6. The Morgan fingerprint density at radius 2 is 2.23 bits per heavy atom. The molecule has 2 rings (SSSR count). The zero-order valence-corrected chi connectivity index (χ0v) is 9.07. The second kappa shape index (κ2) is 3.91. The number of carbonyl (C=O) groups excluding carboxylic acids is 1. The van der Waals surface area contributed by atoms with Crippen LogP contribution in [0.2, 0.25) is 0 Å². The van der Waals surface area contributed by atoms with Crippen LogP contribution in [-0.4, -0.2) is 16.2 Å². The number of fused-ring (bicyclic) bond motifs is 1. The van der Waals surface area contributed by atoms with E-state index < -0.39 is 5.97 Å². The van der Waals surface area contributed by atoms with Crippen LogP contribution in [0.5, 0.6) is 0 Å². The van der Waals surface area contributed by atoms with Crippen molar-refractivity contribution in [2.24, 2.45) is 0 Å². The maximum absolute atomic E-state index is 10.6. The van der Waals surface area contributed by atoms with Gasteiger partial charge in [0.2, 0.25) is 0 Å². The minimum absolute atomic E-state index is 0. The van der Waals surface area contributed by atoms with Crippen LogP contribution in [0.4, 0.5) is 0 Å². The summed E-state index contributed by atoms with van der Waals surface area (Å²) < 4.78 is 0. The largest absolute Gasteiger partial charge is 1.00 e. The van der Waals surface area contributed by atoms with Crippen LogP contribution in [0.15, 0.2) is 24.4 Å². The number of H-pyrrole nitrogens is 1. The first-order valence-electron chi connectivity index (χ1n) is 3.42. The molecule has 0 amide bonds. The van der Waals surface area contributed by atoms with Crippen molar-refractivity contribution in [2.45, 2.75) is 0 Å². The predicted octanol–water partition coefficient (Wildman–Crippen LogP) is -3.07. The zero-order valence-electron chi connectivity index (χ0n) is 7.07. The van der Waals surface area contributed by atoms with Crippen LogP contribution in [0.1, 0.15) is 10.4 Å². The van der Waals surface area contributed by atoms with Crippen molar-refractivity contribution < 1.29 is 39.5 Å². The number of aromatic nitrogens is 2. The summed E-state index contributed by atoms with van der Waals surface area (Å²) >= 11 is 0. The molecule has 0 saturated heterocycles. The van der Waals surface area contributed by atoms with Crippen LogP contribution < -0.4 is 34.7 Å². The number of nitrogens with one attached hydrogen (secondary N) is 1. The van der Waals surface area contributed by atoms with E-state index in [0.29, 0.717) is 10.9 Å². The molecule has 0 radical (unpaired) electrons. The van der Waals surface area contributed by atoms with Gasteiger partial charge in [0.05, 0.1) is 17.7 Å². The molecule has 13 heavy (non-hydrogen) atoms. The fraction of sp³-hybridized carbons (Fsp3) is 0. The minimum atomic E-state index is -1.18. The number of aromatic amines is 1. The molecule has 0 aliphatic rings. The van der Waals surface area contributed by atoms with E-state index in [4.69, 9.17) is 0 Å².